The summed E-state index contributed by atoms with van der Waals surface area (Å²) in [5.41, 5.74) is 0. The second-order valence-corrected chi connectivity index (χ2v) is 3.01. The summed E-state index contributed by atoms with van der Waals surface area (Å²) in [5.74, 6) is 0.765. The first-order valence-electron chi connectivity index (χ1n) is 3.89. The minimum Gasteiger partial charge on any atom is -0.392 e. The topological polar surface area (TPSA) is 44.3 Å². The molecule has 0 saturated carbocycles. The highest BCUT2D eigenvalue weighted by Crippen LogP contribution is 1.84. The Kier molecular flexibility index (Phi) is 4.70. The molecular formula is C8H18N2O. The van der Waals surface area contributed by atoms with E-state index in [0.717, 1.165) is 5.82 Å². The molecule has 3 N–H and O–H groups in total. The van der Waals surface area contributed by atoms with Crippen molar-refractivity contribution >= 4 is 0 Å². The van der Waals surface area contributed by atoms with Gasteiger partial charge in [-0.15, -0.1) is 0 Å². The second-order valence-electron chi connectivity index (χ2n) is 3.01. The van der Waals surface area contributed by atoms with Crippen molar-refractivity contribution in [1.29, 1.82) is 0 Å². The molecule has 3 nitrogen and oxygen atoms in total. The van der Waals surface area contributed by atoms with E-state index in [4.69, 9.17) is 5.11 Å². The number of hydrogen-bond donors (Lipinski definition) is 3. The molecule has 0 spiro atoms. The van der Waals surface area contributed by atoms with Crippen LogP contribution < -0.4 is 10.6 Å². The lowest BCUT2D eigenvalue weighted by Gasteiger charge is -2.15. The Labute approximate surface area is 68.5 Å². The fourth-order valence-corrected chi connectivity index (χ4v) is 0.670. The summed E-state index contributed by atoms with van der Waals surface area (Å²) in [4.78, 5) is 0. The maximum absolute atomic E-state index is 8.90. The van der Waals surface area contributed by atoms with Crippen molar-refractivity contribution < 1.29 is 5.11 Å². The summed E-state index contributed by atoms with van der Waals surface area (Å²) in [5, 5.41) is 14.9. The van der Waals surface area contributed by atoms with Gasteiger partial charge in [-0.1, -0.05) is 6.58 Å². The molecule has 1 atom stereocenters. The quantitative estimate of drug-likeness (QED) is 0.543. The molecule has 66 valence electrons. The Morgan fingerprint density at radius 1 is 1.45 bits per heavy atom. The molecule has 0 bridgehead atoms. The van der Waals surface area contributed by atoms with E-state index >= 15 is 0 Å². The van der Waals surface area contributed by atoms with Crippen molar-refractivity contribution in [2.45, 2.75) is 32.9 Å². The van der Waals surface area contributed by atoms with Gasteiger partial charge in [0.25, 0.3) is 0 Å². The van der Waals surface area contributed by atoms with Gasteiger partial charge >= 0.3 is 0 Å². The maximum atomic E-state index is 8.90. The van der Waals surface area contributed by atoms with E-state index in [-0.39, 0.29) is 6.10 Å². The Morgan fingerprint density at radius 2 is 2.00 bits per heavy atom. The van der Waals surface area contributed by atoms with Crippen LogP contribution in [0.15, 0.2) is 12.4 Å². The summed E-state index contributed by atoms with van der Waals surface area (Å²) in [7, 11) is 0. The van der Waals surface area contributed by atoms with Crippen LogP contribution in [-0.4, -0.2) is 23.8 Å². The van der Waals surface area contributed by atoms with E-state index < -0.39 is 0 Å². The minimum atomic E-state index is -0.333. The smallest absolute Gasteiger partial charge is 0.0915 e. The normalized spacial score (nSPS) is 12.8. The third kappa shape index (κ3) is 7.19. The highest BCUT2D eigenvalue weighted by molar-refractivity contribution is 4.89. The van der Waals surface area contributed by atoms with E-state index in [0.29, 0.717) is 12.6 Å². The monoisotopic (exact) mass is 158 g/mol. The van der Waals surface area contributed by atoms with Gasteiger partial charge < -0.3 is 15.7 Å². The predicted molar refractivity (Wildman–Crippen MR) is 47.1 cm³/mol. The summed E-state index contributed by atoms with van der Waals surface area (Å²) < 4.78 is 0. The van der Waals surface area contributed by atoms with Gasteiger partial charge in [0.05, 0.1) is 11.9 Å². The zero-order chi connectivity index (χ0) is 8.85. The van der Waals surface area contributed by atoms with Gasteiger partial charge in [-0.05, 0) is 20.8 Å². The first-order valence-corrected chi connectivity index (χ1v) is 3.89. The van der Waals surface area contributed by atoms with E-state index in [1.165, 1.54) is 0 Å². The standard InChI is InChI=1S/C8H18N2O/c1-6(2)10-8(4)9-5-7(3)11/h6-7,9-11H,4-5H2,1-3H3. The largest absolute Gasteiger partial charge is 0.392 e. The van der Waals surface area contributed by atoms with Crippen LogP contribution in [0.25, 0.3) is 0 Å². The van der Waals surface area contributed by atoms with Crippen LogP contribution in [-0.2, 0) is 0 Å². The average Bonchev–Trinajstić information content (AvgIpc) is 1.82. The van der Waals surface area contributed by atoms with Gasteiger partial charge in [0.15, 0.2) is 0 Å². The molecule has 0 aliphatic carbocycles. The molecule has 0 heterocycles. The molecule has 0 amide bonds. The van der Waals surface area contributed by atoms with Crippen LogP contribution in [0.1, 0.15) is 20.8 Å². The van der Waals surface area contributed by atoms with Crippen LogP contribution in [0.5, 0.6) is 0 Å². The molecule has 0 aromatic heterocycles. The fraction of sp³-hybridized carbons (Fsp3) is 0.750. The van der Waals surface area contributed by atoms with E-state index in [9.17, 15) is 0 Å². The molecule has 0 saturated heterocycles. The summed E-state index contributed by atoms with van der Waals surface area (Å²) in [6.07, 6.45) is -0.333. The number of nitrogens with one attached hydrogen (secondary N) is 2. The Hall–Kier alpha value is -0.700. The zero-order valence-electron chi connectivity index (χ0n) is 7.52. The summed E-state index contributed by atoms with van der Waals surface area (Å²) in [6.45, 7) is 10.1. The van der Waals surface area contributed by atoms with Crippen molar-refractivity contribution in [3.63, 3.8) is 0 Å². The van der Waals surface area contributed by atoms with Crippen LogP contribution in [0.2, 0.25) is 0 Å². The molecular weight excluding hydrogens is 140 g/mol. The van der Waals surface area contributed by atoms with Gasteiger partial charge in [0.1, 0.15) is 0 Å². The third-order valence-corrected chi connectivity index (χ3v) is 1.07. The maximum Gasteiger partial charge on any atom is 0.0915 e. The van der Waals surface area contributed by atoms with Crippen molar-refractivity contribution in [2.24, 2.45) is 0 Å². The SMILES string of the molecule is C=C(NCC(C)O)NC(C)C. The first-order chi connectivity index (χ1) is 5.02. The molecule has 0 aliphatic heterocycles. The molecule has 3 heteroatoms. The molecule has 0 aromatic rings. The van der Waals surface area contributed by atoms with Gasteiger partial charge in [-0.3, -0.25) is 0 Å². The number of rotatable bonds is 5. The summed E-state index contributed by atoms with van der Waals surface area (Å²) >= 11 is 0. The molecule has 0 aromatic carbocycles. The highest BCUT2D eigenvalue weighted by Gasteiger charge is 1.97. The lowest BCUT2D eigenvalue weighted by Crippen LogP contribution is -2.34. The predicted octanol–water partition coefficient (Wildman–Crippen LogP) is 0.426. The third-order valence-electron chi connectivity index (χ3n) is 1.07. The zero-order valence-corrected chi connectivity index (χ0v) is 7.52. The second kappa shape index (κ2) is 5.02. The molecule has 0 aliphatic rings. The Bertz CT molecular complexity index is 121. The van der Waals surface area contributed by atoms with Gasteiger partial charge in [-0.2, -0.15) is 0 Å². The highest BCUT2D eigenvalue weighted by atomic mass is 16.3. The van der Waals surface area contributed by atoms with E-state index in [1.54, 1.807) is 6.92 Å². The lowest BCUT2D eigenvalue weighted by atomic mass is 10.4. The van der Waals surface area contributed by atoms with E-state index in [2.05, 4.69) is 17.2 Å². The van der Waals surface area contributed by atoms with Crippen LogP contribution >= 0.6 is 0 Å². The molecule has 0 rings (SSSR count). The van der Waals surface area contributed by atoms with Crippen molar-refractivity contribution in [3.05, 3.63) is 12.4 Å². The molecule has 1 unspecified atom stereocenters. The van der Waals surface area contributed by atoms with Gasteiger partial charge in [0, 0.05) is 12.6 Å². The summed E-state index contributed by atoms with van der Waals surface area (Å²) in [6, 6.07) is 0.379. The van der Waals surface area contributed by atoms with Crippen molar-refractivity contribution in [1.82, 2.24) is 10.6 Å². The number of aliphatic hydroxyl groups excluding tert-OH is 1. The van der Waals surface area contributed by atoms with Gasteiger partial charge in [-0.25, -0.2) is 0 Å². The van der Waals surface area contributed by atoms with Crippen LogP contribution in [0.4, 0.5) is 0 Å². The number of hydrogen-bond acceptors (Lipinski definition) is 3. The van der Waals surface area contributed by atoms with Crippen LogP contribution in [0.3, 0.4) is 0 Å². The molecule has 0 radical (unpaired) electrons. The Morgan fingerprint density at radius 3 is 2.36 bits per heavy atom. The van der Waals surface area contributed by atoms with Gasteiger partial charge in [0.2, 0.25) is 0 Å². The minimum absolute atomic E-state index is 0.333. The molecule has 0 fully saturated rings. The van der Waals surface area contributed by atoms with Crippen LogP contribution in [0, 0.1) is 0 Å². The average molecular weight is 158 g/mol. The first kappa shape index (κ1) is 10.3. The Balaban J connectivity index is 3.38. The fourth-order valence-electron chi connectivity index (χ4n) is 0.670. The number of aliphatic hydroxyl groups is 1. The lowest BCUT2D eigenvalue weighted by molar-refractivity contribution is 0.194. The molecule has 11 heavy (non-hydrogen) atoms. The van der Waals surface area contributed by atoms with Crippen molar-refractivity contribution in [3.8, 4) is 0 Å². The van der Waals surface area contributed by atoms with Crippen molar-refractivity contribution in [2.75, 3.05) is 6.54 Å². The van der Waals surface area contributed by atoms with E-state index in [1.807, 2.05) is 13.8 Å².